The number of hydrogen-bond acceptors (Lipinski definition) is 3. The van der Waals surface area contributed by atoms with E-state index in [9.17, 15) is 0 Å². The zero-order valence-corrected chi connectivity index (χ0v) is 11.2. The molecule has 0 aliphatic carbocycles. The second-order valence-corrected chi connectivity index (χ2v) is 5.00. The van der Waals surface area contributed by atoms with E-state index in [0.29, 0.717) is 6.04 Å². The average molecular weight is 259 g/mol. The van der Waals surface area contributed by atoms with Gasteiger partial charge >= 0.3 is 0 Å². The predicted molar refractivity (Wildman–Crippen MR) is 74.0 cm³/mol. The molecule has 90 valence electrons. The van der Waals surface area contributed by atoms with Crippen LogP contribution in [-0.4, -0.2) is 18.4 Å². The highest BCUT2D eigenvalue weighted by atomic mass is 35.5. The monoisotopic (exact) mass is 258 g/mol. The number of aliphatic imine (C=N–C) groups is 1. The summed E-state index contributed by atoms with van der Waals surface area (Å²) in [6, 6.07) is 4.89. The van der Waals surface area contributed by atoms with Crippen molar-refractivity contribution in [3.63, 3.8) is 0 Å². The Bertz CT molecular complexity index is 322. The van der Waals surface area contributed by atoms with E-state index in [1.807, 2.05) is 11.3 Å². The van der Waals surface area contributed by atoms with Crippen molar-refractivity contribution in [2.45, 2.75) is 38.6 Å². The summed E-state index contributed by atoms with van der Waals surface area (Å²) in [5, 5.41) is 5.71. The third-order valence-corrected chi connectivity index (χ3v) is 3.66. The van der Waals surface area contributed by atoms with Gasteiger partial charge in [-0.2, -0.15) is 0 Å². The number of amidine groups is 1. The van der Waals surface area contributed by atoms with Crippen molar-refractivity contribution < 1.29 is 0 Å². The zero-order chi connectivity index (χ0) is 10.5. The van der Waals surface area contributed by atoms with Gasteiger partial charge in [0.05, 0.1) is 5.84 Å². The van der Waals surface area contributed by atoms with Gasteiger partial charge in [-0.1, -0.05) is 13.0 Å². The Hall–Kier alpha value is -0.540. The molecule has 0 amide bonds. The van der Waals surface area contributed by atoms with E-state index in [-0.39, 0.29) is 12.4 Å². The number of hydrogen-bond donors (Lipinski definition) is 1. The van der Waals surface area contributed by atoms with Crippen LogP contribution < -0.4 is 5.32 Å². The summed E-state index contributed by atoms with van der Waals surface area (Å²) in [5.74, 6) is 1.22. The standard InChI is InChI=1S/C12H18N2S.ClH/c1-2-10(9-11-5-4-8-15-11)14-12-6-3-7-13-12;/h4-5,8,10H,2-3,6-7,9H2,1H3,(H,13,14);1H. The molecule has 0 radical (unpaired) electrons. The van der Waals surface area contributed by atoms with Crippen LogP contribution >= 0.6 is 23.7 Å². The first-order chi connectivity index (χ1) is 7.38. The molecule has 2 rings (SSSR count). The lowest BCUT2D eigenvalue weighted by molar-refractivity contribution is 0.585. The normalized spacial score (nSPS) is 16.4. The van der Waals surface area contributed by atoms with E-state index in [1.165, 1.54) is 17.1 Å². The molecule has 1 unspecified atom stereocenters. The molecule has 16 heavy (non-hydrogen) atoms. The molecule has 0 saturated carbocycles. The van der Waals surface area contributed by atoms with Gasteiger partial charge in [0.1, 0.15) is 0 Å². The first-order valence-corrected chi connectivity index (χ1v) is 6.58. The number of rotatable bonds is 4. The Morgan fingerprint density at radius 3 is 3.00 bits per heavy atom. The van der Waals surface area contributed by atoms with Crippen molar-refractivity contribution in [3.8, 4) is 0 Å². The lowest BCUT2D eigenvalue weighted by Crippen LogP contribution is -2.34. The molecular weight excluding hydrogens is 240 g/mol. The maximum absolute atomic E-state index is 4.46. The summed E-state index contributed by atoms with van der Waals surface area (Å²) in [5.41, 5.74) is 0. The van der Waals surface area contributed by atoms with Crippen molar-refractivity contribution in [2.24, 2.45) is 4.99 Å². The Kier molecular flexibility index (Phi) is 5.85. The van der Waals surface area contributed by atoms with E-state index < -0.39 is 0 Å². The number of nitrogens with zero attached hydrogens (tertiary/aromatic N) is 1. The minimum atomic E-state index is 0. The second kappa shape index (κ2) is 6.92. The highest BCUT2D eigenvalue weighted by Crippen LogP contribution is 2.13. The minimum Gasteiger partial charge on any atom is -0.371 e. The van der Waals surface area contributed by atoms with Crippen LogP contribution in [0.1, 0.15) is 31.1 Å². The van der Waals surface area contributed by atoms with Crippen molar-refractivity contribution >= 4 is 29.6 Å². The van der Waals surface area contributed by atoms with Gasteiger partial charge in [-0.05, 0) is 24.3 Å². The van der Waals surface area contributed by atoms with Gasteiger partial charge in [0.15, 0.2) is 0 Å². The van der Waals surface area contributed by atoms with Gasteiger partial charge in [0, 0.05) is 30.3 Å². The summed E-state index contributed by atoms with van der Waals surface area (Å²) < 4.78 is 0. The molecule has 1 aliphatic rings. The molecule has 1 atom stereocenters. The van der Waals surface area contributed by atoms with Crippen LogP contribution in [0.5, 0.6) is 0 Å². The highest BCUT2D eigenvalue weighted by molar-refractivity contribution is 7.09. The molecule has 1 aromatic rings. The van der Waals surface area contributed by atoms with Crippen molar-refractivity contribution in [1.82, 2.24) is 5.32 Å². The lowest BCUT2D eigenvalue weighted by Gasteiger charge is -2.17. The topological polar surface area (TPSA) is 24.4 Å². The predicted octanol–water partition coefficient (Wildman–Crippen LogP) is 3.27. The molecule has 0 fully saturated rings. The van der Waals surface area contributed by atoms with Crippen molar-refractivity contribution in [2.75, 3.05) is 6.54 Å². The smallest absolute Gasteiger partial charge is 0.0965 e. The molecule has 0 aromatic carbocycles. The molecular formula is C12H19ClN2S. The third-order valence-electron chi connectivity index (χ3n) is 2.77. The maximum atomic E-state index is 4.46. The Morgan fingerprint density at radius 1 is 1.56 bits per heavy atom. The number of thiophene rings is 1. The fourth-order valence-electron chi connectivity index (χ4n) is 1.86. The van der Waals surface area contributed by atoms with E-state index in [2.05, 4.69) is 34.7 Å². The number of halogens is 1. The van der Waals surface area contributed by atoms with E-state index in [0.717, 1.165) is 25.8 Å². The largest absolute Gasteiger partial charge is 0.371 e. The molecule has 2 nitrogen and oxygen atoms in total. The molecule has 1 N–H and O–H groups in total. The Labute approximate surface area is 108 Å². The molecule has 2 heterocycles. The van der Waals surface area contributed by atoms with Gasteiger partial charge in [0.25, 0.3) is 0 Å². The van der Waals surface area contributed by atoms with Crippen LogP contribution in [-0.2, 0) is 6.42 Å². The zero-order valence-electron chi connectivity index (χ0n) is 9.61. The van der Waals surface area contributed by atoms with Gasteiger partial charge in [-0.3, -0.25) is 4.99 Å². The van der Waals surface area contributed by atoms with Crippen LogP contribution in [0.25, 0.3) is 0 Å². The number of nitrogens with one attached hydrogen (secondary N) is 1. The first-order valence-electron chi connectivity index (χ1n) is 5.70. The third kappa shape index (κ3) is 3.80. The van der Waals surface area contributed by atoms with Crippen LogP contribution in [0.4, 0.5) is 0 Å². The van der Waals surface area contributed by atoms with E-state index in [1.54, 1.807) is 0 Å². The second-order valence-electron chi connectivity index (χ2n) is 3.96. The summed E-state index contributed by atoms with van der Waals surface area (Å²) in [6.07, 6.45) is 4.66. The van der Waals surface area contributed by atoms with Crippen molar-refractivity contribution in [1.29, 1.82) is 0 Å². The molecule has 4 heteroatoms. The van der Waals surface area contributed by atoms with E-state index >= 15 is 0 Å². The molecule has 1 aromatic heterocycles. The molecule has 0 spiro atoms. The molecule has 1 aliphatic heterocycles. The van der Waals surface area contributed by atoms with Crippen LogP contribution in [0.3, 0.4) is 0 Å². The van der Waals surface area contributed by atoms with Gasteiger partial charge in [-0.25, -0.2) is 0 Å². The SMILES string of the molecule is CCC(Cc1cccs1)NC1=NCCC1.Cl. The summed E-state index contributed by atoms with van der Waals surface area (Å²) in [4.78, 5) is 5.93. The van der Waals surface area contributed by atoms with Crippen molar-refractivity contribution in [3.05, 3.63) is 22.4 Å². The highest BCUT2D eigenvalue weighted by Gasteiger charge is 2.12. The van der Waals surface area contributed by atoms with Gasteiger partial charge < -0.3 is 5.32 Å². The van der Waals surface area contributed by atoms with Gasteiger partial charge in [-0.15, -0.1) is 23.7 Å². The van der Waals surface area contributed by atoms with E-state index in [4.69, 9.17) is 0 Å². The minimum absolute atomic E-state index is 0. The lowest BCUT2D eigenvalue weighted by atomic mass is 10.1. The van der Waals surface area contributed by atoms with Crippen LogP contribution in [0.2, 0.25) is 0 Å². The average Bonchev–Trinajstić information content (AvgIpc) is 2.89. The Morgan fingerprint density at radius 2 is 2.44 bits per heavy atom. The fraction of sp³-hybridized carbons (Fsp3) is 0.583. The maximum Gasteiger partial charge on any atom is 0.0965 e. The van der Waals surface area contributed by atoms with Crippen LogP contribution in [0, 0.1) is 0 Å². The fourth-order valence-corrected chi connectivity index (χ4v) is 2.65. The molecule has 0 saturated heterocycles. The molecule has 0 bridgehead atoms. The van der Waals surface area contributed by atoms with Crippen LogP contribution in [0.15, 0.2) is 22.5 Å². The first kappa shape index (κ1) is 13.5. The Balaban J connectivity index is 0.00000128. The summed E-state index contributed by atoms with van der Waals surface area (Å²) in [7, 11) is 0. The van der Waals surface area contributed by atoms with Gasteiger partial charge in [0.2, 0.25) is 0 Å². The summed E-state index contributed by atoms with van der Waals surface area (Å²) in [6.45, 7) is 3.25. The quantitative estimate of drug-likeness (QED) is 0.881. The summed E-state index contributed by atoms with van der Waals surface area (Å²) >= 11 is 1.84.